The van der Waals surface area contributed by atoms with Crippen molar-refractivity contribution in [1.82, 2.24) is 0 Å². The van der Waals surface area contributed by atoms with Crippen LogP contribution in [0.25, 0.3) is 0 Å². The fourth-order valence-corrected chi connectivity index (χ4v) is 3.43. The van der Waals surface area contributed by atoms with E-state index in [1.165, 1.54) is 6.92 Å². The van der Waals surface area contributed by atoms with Crippen LogP contribution in [0.4, 0.5) is 11.4 Å². The van der Waals surface area contributed by atoms with Crippen molar-refractivity contribution >= 4 is 46.6 Å². The highest BCUT2D eigenvalue weighted by Gasteiger charge is 2.28. The lowest BCUT2D eigenvalue weighted by atomic mass is 10.2. The minimum atomic E-state index is -0.487. The molecule has 0 atom stereocenters. The second-order valence-corrected chi connectivity index (χ2v) is 6.21. The number of carbonyl (C=O) groups excluding carboxylic acids is 2. The number of para-hydroxylation sites is 1. The Morgan fingerprint density at radius 2 is 1.86 bits per heavy atom. The van der Waals surface area contributed by atoms with Crippen molar-refractivity contribution in [3.63, 3.8) is 0 Å². The molecule has 4 nitrogen and oxygen atoms in total. The number of benzene rings is 2. The lowest BCUT2D eigenvalue weighted by Crippen LogP contribution is -2.32. The Hall–Kier alpha value is -1.98. The van der Waals surface area contributed by atoms with Crippen molar-refractivity contribution in [3.05, 3.63) is 47.5 Å². The number of esters is 1. The summed E-state index contributed by atoms with van der Waals surface area (Å²) < 4.78 is 4.85. The fourth-order valence-electron chi connectivity index (χ4n) is 2.22. The van der Waals surface area contributed by atoms with Gasteiger partial charge < -0.3 is 4.74 Å². The van der Waals surface area contributed by atoms with Crippen LogP contribution in [0.15, 0.2) is 52.3 Å². The van der Waals surface area contributed by atoms with Crippen molar-refractivity contribution in [3.8, 4) is 0 Å². The molecule has 0 saturated carbocycles. The van der Waals surface area contributed by atoms with E-state index in [-0.39, 0.29) is 12.5 Å². The lowest BCUT2D eigenvalue weighted by molar-refractivity contribution is -0.145. The Labute approximate surface area is 137 Å². The SMILES string of the molecule is CC(=O)OCC(=O)N1c2ccccc2Sc2ccc(Cl)cc21. The topological polar surface area (TPSA) is 46.6 Å². The van der Waals surface area contributed by atoms with Crippen molar-refractivity contribution in [2.75, 3.05) is 11.5 Å². The number of ether oxygens (including phenoxy) is 1. The zero-order valence-corrected chi connectivity index (χ0v) is 13.3. The van der Waals surface area contributed by atoms with E-state index in [0.717, 1.165) is 15.5 Å². The van der Waals surface area contributed by atoms with Crippen molar-refractivity contribution in [2.45, 2.75) is 16.7 Å². The molecule has 0 unspecified atom stereocenters. The molecule has 0 aromatic heterocycles. The highest BCUT2D eigenvalue weighted by atomic mass is 35.5. The van der Waals surface area contributed by atoms with E-state index in [1.807, 2.05) is 30.3 Å². The van der Waals surface area contributed by atoms with Gasteiger partial charge in [0.15, 0.2) is 6.61 Å². The zero-order chi connectivity index (χ0) is 15.7. The molecule has 0 saturated heterocycles. The highest BCUT2D eigenvalue weighted by molar-refractivity contribution is 7.99. The number of fused-ring (bicyclic) bond motifs is 2. The second-order valence-electron chi connectivity index (χ2n) is 4.69. The smallest absolute Gasteiger partial charge is 0.303 e. The zero-order valence-electron chi connectivity index (χ0n) is 11.7. The summed E-state index contributed by atoms with van der Waals surface area (Å²) in [5.74, 6) is -0.800. The normalized spacial score (nSPS) is 12.4. The number of halogens is 1. The summed E-state index contributed by atoms with van der Waals surface area (Å²) in [5.41, 5.74) is 1.47. The van der Waals surface area contributed by atoms with Gasteiger partial charge in [-0.1, -0.05) is 35.5 Å². The Morgan fingerprint density at radius 3 is 2.64 bits per heavy atom. The Bertz CT molecular complexity index is 763. The summed E-state index contributed by atoms with van der Waals surface area (Å²) in [6.45, 7) is 0.971. The highest BCUT2D eigenvalue weighted by Crippen LogP contribution is 2.48. The molecule has 22 heavy (non-hydrogen) atoms. The van der Waals surface area contributed by atoms with Gasteiger partial charge in [0.2, 0.25) is 0 Å². The van der Waals surface area contributed by atoms with Crippen LogP contribution in [0.3, 0.4) is 0 Å². The molecule has 3 rings (SSSR count). The molecule has 0 bridgehead atoms. The molecule has 0 N–H and O–H groups in total. The quantitative estimate of drug-likeness (QED) is 0.778. The van der Waals surface area contributed by atoms with Gasteiger partial charge in [-0.3, -0.25) is 14.5 Å². The second kappa shape index (κ2) is 6.02. The molecule has 0 fully saturated rings. The lowest BCUT2D eigenvalue weighted by Gasteiger charge is -2.31. The first-order valence-corrected chi connectivity index (χ1v) is 7.78. The van der Waals surface area contributed by atoms with Crippen molar-refractivity contribution < 1.29 is 14.3 Å². The fraction of sp³-hybridized carbons (Fsp3) is 0.125. The number of amides is 1. The molecule has 0 radical (unpaired) electrons. The molecule has 1 aliphatic heterocycles. The summed E-state index contributed by atoms with van der Waals surface area (Å²) in [6, 6.07) is 13.0. The predicted molar refractivity (Wildman–Crippen MR) is 85.8 cm³/mol. The summed E-state index contributed by atoms with van der Waals surface area (Å²) in [5, 5.41) is 0.545. The third-order valence-corrected chi connectivity index (χ3v) is 4.50. The van der Waals surface area contributed by atoms with Crippen LogP contribution in [0.5, 0.6) is 0 Å². The van der Waals surface area contributed by atoms with Crippen LogP contribution < -0.4 is 4.90 Å². The average molecular weight is 334 g/mol. The van der Waals surface area contributed by atoms with E-state index in [2.05, 4.69) is 0 Å². The first-order chi connectivity index (χ1) is 10.6. The molecule has 1 heterocycles. The van der Waals surface area contributed by atoms with Gasteiger partial charge in [-0.25, -0.2) is 0 Å². The summed E-state index contributed by atoms with van der Waals surface area (Å²) in [7, 11) is 0. The minimum Gasteiger partial charge on any atom is -0.456 e. The minimum absolute atomic E-state index is 0.305. The number of carbonyl (C=O) groups is 2. The molecule has 6 heteroatoms. The van der Waals surface area contributed by atoms with Crippen LogP contribution in [-0.4, -0.2) is 18.5 Å². The van der Waals surface area contributed by atoms with Crippen LogP contribution >= 0.6 is 23.4 Å². The molecule has 2 aromatic rings. The number of nitrogens with zero attached hydrogens (tertiary/aromatic N) is 1. The first-order valence-electron chi connectivity index (χ1n) is 6.59. The third kappa shape index (κ3) is 2.82. The monoisotopic (exact) mass is 333 g/mol. The Balaban J connectivity index is 2.05. The van der Waals surface area contributed by atoms with Crippen LogP contribution in [-0.2, 0) is 14.3 Å². The van der Waals surface area contributed by atoms with Gasteiger partial charge in [-0.2, -0.15) is 0 Å². The van der Waals surface area contributed by atoms with Crippen LogP contribution in [0.1, 0.15) is 6.92 Å². The molecule has 1 amide bonds. The maximum atomic E-state index is 12.5. The number of rotatable bonds is 2. The summed E-state index contributed by atoms with van der Waals surface area (Å²) in [4.78, 5) is 26.9. The first kappa shape index (κ1) is 14.9. The molecule has 1 aliphatic rings. The van der Waals surface area contributed by atoms with Gasteiger partial charge in [-0.05, 0) is 30.3 Å². The Morgan fingerprint density at radius 1 is 1.14 bits per heavy atom. The number of hydrogen-bond donors (Lipinski definition) is 0. The maximum absolute atomic E-state index is 12.5. The van der Waals surface area contributed by atoms with Crippen LogP contribution in [0, 0.1) is 0 Å². The van der Waals surface area contributed by atoms with Crippen molar-refractivity contribution in [1.29, 1.82) is 0 Å². The van der Waals surface area contributed by atoms with E-state index in [1.54, 1.807) is 28.8 Å². The van der Waals surface area contributed by atoms with Gasteiger partial charge in [-0.15, -0.1) is 0 Å². The number of anilines is 2. The van der Waals surface area contributed by atoms with E-state index in [4.69, 9.17) is 16.3 Å². The van der Waals surface area contributed by atoms with Gasteiger partial charge in [0.05, 0.1) is 11.4 Å². The maximum Gasteiger partial charge on any atom is 0.303 e. The van der Waals surface area contributed by atoms with Gasteiger partial charge in [0.25, 0.3) is 5.91 Å². The molecule has 0 aliphatic carbocycles. The molecular formula is C16H12ClNO3S. The van der Waals surface area contributed by atoms with Crippen molar-refractivity contribution in [2.24, 2.45) is 0 Å². The summed E-state index contributed by atoms with van der Waals surface area (Å²) in [6.07, 6.45) is 0. The molecule has 112 valence electrons. The molecule has 2 aromatic carbocycles. The molecular weight excluding hydrogens is 322 g/mol. The predicted octanol–water partition coefficient (Wildman–Crippen LogP) is 4.03. The van der Waals surface area contributed by atoms with Gasteiger partial charge in [0.1, 0.15) is 0 Å². The van der Waals surface area contributed by atoms with Gasteiger partial charge in [0, 0.05) is 21.7 Å². The largest absolute Gasteiger partial charge is 0.456 e. The van der Waals surface area contributed by atoms with E-state index < -0.39 is 5.97 Å². The average Bonchev–Trinajstić information content (AvgIpc) is 2.50. The van der Waals surface area contributed by atoms with E-state index in [9.17, 15) is 9.59 Å². The van der Waals surface area contributed by atoms with Crippen LogP contribution in [0.2, 0.25) is 5.02 Å². The molecule has 0 spiro atoms. The number of hydrogen-bond acceptors (Lipinski definition) is 4. The van der Waals surface area contributed by atoms with E-state index in [0.29, 0.717) is 10.7 Å². The van der Waals surface area contributed by atoms with Gasteiger partial charge >= 0.3 is 5.97 Å². The standard InChI is InChI=1S/C16H12ClNO3S/c1-10(19)21-9-16(20)18-12-4-2-3-5-14(12)22-15-7-6-11(17)8-13(15)18/h2-8H,9H2,1H3. The van der Waals surface area contributed by atoms with E-state index >= 15 is 0 Å². The Kier molecular flexibility index (Phi) is 4.09. The third-order valence-electron chi connectivity index (χ3n) is 3.14. The summed E-state index contributed by atoms with van der Waals surface area (Å²) >= 11 is 7.65.